The summed E-state index contributed by atoms with van der Waals surface area (Å²) >= 11 is 1.13. The second-order valence-electron chi connectivity index (χ2n) is 4.55. The molecule has 0 aromatic carbocycles. The smallest absolute Gasteiger partial charge is 0.277 e. The van der Waals surface area contributed by atoms with Crippen molar-refractivity contribution in [1.29, 1.82) is 0 Å². The van der Waals surface area contributed by atoms with Crippen molar-refractivity contribution < 1.29 is 14.0 Å². The molecule has 1 aliphatic rings. The van der Waals surface area contributed by atoms with Crippen LogP contribution in [0.15, 0.2) is 9.64 Å². The van der Waals surface area contributed by atoms with Crippen LogP contribution in [0, 0.1) is 0 Å². The number of amides is 2. The zero-order chi connectivity index (χ0) is 14.5. The maximum absolute atomic E-state index is 11.8. The number of likely N-dealkylation sites (N-methyl/N-ethyl adjacent to an activating group) is 1. The zero-order valence-corrected chi connectivity index (χ0v) is 12.0. The number of nitrogens with two attached hydrogens (primary N) is 1. The number of nitrogens with zero attached hydrogens (tertiary/aromatic N) is 3. The molecule has 0 atom stereocenters. The number of thioether (sulfide) groups is 1. The van der Waals surface area contributed by atoms with E-state index < -0.39 is 0 Å². The molecule has 2 rings (SSSR count). The lowest BCUT2D eigenvalue weighted by Gasteiger charge is -2.15. The van der Waals surface area contributed by atoms with E-state index in [1.807, 2.05) is 0 Å². The highest BCUT2D eigenvalue weighted by Crippen LogP contribution is 2.18. The van der Waals surface area contributed by atoms with Gasteiger partial charge in [-0.05, 0) is 12.8 Å². The van der Waals surface area contributed by atoms with E-state index in [2.05, 4.69) is 15.5 Å². The van der Waals surface area contributed by atoms with Gasteiger partial charge in [0.25, 0.3) is 5.22 Å². The van der Waals surface area contributed by atoms with Crippen molar-refractivity contribution in [3.05, 3.63) is 5.89 Å². The van der Waals surface area contributed by atoms with E-state index in [0.717, 1.165) is 24.6 Å². The lowest BCUT2D eigenvalue weighted by Crippen LogP contribution is -2.39. The third-order valence-corrected chi connectivity index (χ3v) is 3.49. The van der Waals surface area contributed by atoms with Crippen LogP contribution in [-0.4, -0.2) is 52.3 Å². The van der Waals surface area contributed by atoms with Crippen LogP contribution in [0.4, 0.5) is 0 Å². The molecule has 1 saturated carbocycles. The largest absolute Gasteiger partial charge is 0.415 e. The van der Waals surface area contributed by atoms with Gasteiger partial charge in [-0.15, -0.1) is 10.2 Å². The highest BCUT2D eigenvalue weighted by molar-refractivity contribution is 7.99. The minimum absolute atomic E-state index is 0.0633. The van der Waals surface area contributed by atoms with Crippen LogP contribution in [0.2, 0.25) is 0 Å². The first kappa shape index (κ1) is 14.8. The van der Waals surface area contributed by atoms with Gasteiger partial charge in [0, 0.05) is 13.1 Å². The fourth-order valence-electron chi connectivity index (χ4n) is 1.42. The van der Waals surface area contributed by atoms with Gasteiger partial charge in [-0.2, -0.15) is 0 Å². The predicted molar refractivity (Wildman–Crippen MR) is 71.7 cm³/mol. The molecule has 1 aliphatic carbocycles. The van der Waals surface area contributed by atoms with Crippen LogP contribution in [0.1, 0.15) is 18.7 Å². The molecule has 0 radical (unpaired) electrons. The van der Waals surface area contributed by atoms with E-state index in [4.69, 9.17) is 10.2 Å². The molecule has 9 heteroatoms. The molecule has 8 nitrogen and oxygen atoms in total. The summed E-state index contributed by atoms with van der Waals surface area (Å²) in [5.41, 5.74) is 5.34. The van der Waals surface area contributed by atoms with Crippen molar-refractivity contribution >= 4 is 23.6 Å². The summed E-state index contributed by atoms with van der Waals surface area (Å²) in [6, 6.07) is 0.299. The molecule has 0 spiro atoms. The van der Waals surface area contributed by atoms with Crippen LogP contribution in [0.25, 0.3) is 0 Å². The number of hydrogen-bond acceptors (Lipinski definition) is 7. The Morgan fingerprint density at radius 2 is 2.25 bits per heavy atom. The molecule has 0 saturated heterocycles. The fourth-order valence-corrected chi connectivity index (χ4v) is 2.14. The highest BCUT2D eigenvalue weighted by Gasteiger charge is 2.24. The third-order valence-electron chi connectivity index (χ3n) is 2.69. The molecule has 2 amide bonds. The normalized spacial score (nSPS) is 14.1. The average molecular weight is 299 g/mol. The van der Waals surface area contributed by atoms with Gasteiger partial charge < -0.3 is 20.4 Å². The molecule has 0 unspecified atom stereocenters. The Morgan fingerprint density at radius 1 is 1.50 bits per heavy atom. The molecule has 1 fully saturated rings. The summed E-state index contributed by atoms with van der Waals surface area (Å²) in [5, 5.41) is 10.6. The first-order chi connectivity index (χ1) is 9.58. The second kappa shape index (κ2) is 6.71. The van der Waals surface area contributed by atoms with Crippen molar-refractivity contribution in [1.82, 2.24) is 20.4 Å². The SMILES string of the molecule is CN(CC(=O)NC1CC1)C(=O)CSc1nnc(CN)o1. The van der Waals surface area contributed by atoms with Crippen LogP contribution < -0.4 is 11.1 Å². The summed E-state index contributed by atoms with van der Waals surface area (Å²) in [4.78, 5) is 24.8. The first-order valence-electron chi connectivity index (χ1n) is 6.27. The lowest BCUT2D eigenvalue weighted by atomic mass is 10.5. The topological polar surface area (TPSA) is 114 Å². The van der Waals surface area contributed by atoms with Gasteiger partial charge in [-0.1, -0.05) is 11.8 Å². The van der Waals surface area contributed by atoms with Gasteiger partial charge in [-0.25, -0.2) is 0 Å². The minimum Gasteiger partial charge on any atom is -0.415 e. The predicted octanol–water partition coefficient (Wildman–Crippen LogP) is -0.643. The number of rotatable bonds is 7. The van der Waals surface area contributed by atoms with Gasteiger partial charge in [0.2, 0.25) is 17.7 Å². The Bertz CT molecular complexity index is 488. The van der Waals surface area contributed by atoms with Gasteiger partial charge >= 0.3 is 0 Å². The van der Waals surface area contributed by atoms with E-state index >= 15 is 0 Å². The van der Waals surface area contributed by atoms with Crippen LogP contribution >= 0.6 is 11.8 Å². The summed E-state index contributed by atoms with van der Waals surface area (Å²) in [7, 11) is 1.59. The number of carbonyl (C=O) groups excluding carboxylic acids is 2. The Morgan fingerprint density at radius 3 is 2.85 bits per heavy atom. The number of aromatic nitrogens is 2. The molecule has 1 aromatic rings. The van der Waals surface area contributed by atoms with E-state index in [-0.39, 0.29) is 30.7 Å². The molecule has 0 aliphatic heterocycles. The molecule has 20 heavy (non-hydrogen) atoms. The van der Waals surface area contributed by atoms with Crippen molar-refractivity contribution in [3.63, 3.8) is 0 Å². The maximum atomic E-state index is 11.8. The average Bonchev–Trinajstić information content (AvgIpc) is 3.10. The summed E-state index contributed by atoms with van der Waals surface area (Å²) in [6.07, 6.45) is 2.06. The monoisotopic (exact) mass is 299 g/mol. The Labute approximate surface area is 120 Å². The summed E-state index contributed by atoms with van der Waals surface area (Å²) in [5.74, 6) is 0.168. The standard InChI is InChI=1S/C11H17N5O3S/c1-16(5-8(17)13-7-2-3-7)10(18)6-20-11-15-14-9(4-12)19-11/h7H,2-6,12H2,1H3,(H,13,17). The van der Waals surface area contributed by atoms with Crippen molar-refractivity contribution in [2.24, 2.45) is 5.73 Å². The third kappa shape index (κ3) is 4.49. The quantitative estimate of drug-likeness (QED) is 0.643. The molecule has 0 bridgehead atoms. The van der Waals surface area contributed by atoms with Crippen LogP contribution in [0.5, 0.6) is 0 Å². The molecule has 1 aromatic heterocycles. The maximum Gasteiger partial charge on any atom is 0.277 e. The fraction of sp³-hybridized carbons (Fsp3) is 0.636. The van der Waals surface area contributed by atoms with E-state index in [0.29, 0.717) is 17.2 Å². The highest BCUT2D eigenvalue weighted by atomic mass is 32.2. The van der Waals surface area contributed by atoms with Gasteiger partial charge in [-0.3, -0.25) is 9.59 Å². The Hall–Kier alpha value is -1.61. The molecular weight excluding hydrogens is 282 g/mol. The van der Waals surface area contributed by atoms with Gasteiger partial charge in [0.05, 0.1) is 18.8 Å². The van der Waals surface area contributed by atoms with E-state index in [1.165, 1.54) is 4.90 Å². The molecule has 1 heterocycles. The first-order valence-corrected chi connectivity index (χ1v) is 7.25. The molecule has 110 valence electrons. The van der Waals surface area contributed by atoms with Crippen molar-refractivity contribution in [2.75, 3.05) is 19.3 Å². The molecule has 3 N–H and O–H groups in total. The van der Waals surface area contributed by atoms with Crippen molar-refractivity contribution in [3.8, 4) is 0 Å². The molecular formula is C11H17N5O3S. The van der Waals surface area contributed by atoms with Crippen LogP contribution in [-0.2, 0) is 16.1 Å². The lowest BCUT2D eigenvalue weighted by molar-refractivity contribution is -0.132. The Kier molecular flexibility index (Phi) is 4.96. The minimum atomic E-state index is -0.173. The van der Waals surface area contributed by atoms with Gasteiger partial charge in [0.15, 0.2) is 0 Å². The number of hydrogen-bond donors (Lipinski definition) is 2. The summed E-state index contributed by atoms with van der Waals surface area (Å²) in [6.45, 7) is 0.233. The van der Waals surface area contributed by atoms with Crippen LogP contribution in [0.3, 0.4) is 0 Å². The number of nitrogens with one attached hydrogen (secondary N) is 1. The van der Waals surface area contributed by atoms with Crippen molar-refractivity contribution in [2.45, 2.75) is 30.7 Å². The second-order valence-corrected chi connectivity index (χ2v) is 5.47. The van der Waals surface area contributed by atoms with E-state index in [9.17, 15) is 9.59 Å². The van der Waals surface area contributed by atoms with E-state index in [1.54, 1.807) is 7.05 Å². The van der Waals surface area contributed by atoms with Gasteiger partial charge in [0.1, 0.15) is 0 Å². The number of carbonyl (C=O) groups is 2. The summed E-state index contributed by atoms with van der Waals surface area (Å²) < 4.78 is 5.17. The zero-order valence-electron chi connectivity index (χ0n) is 11.2. The Balaban J connectivity index is 1.71.